The summed E-state index contributed by atoms with van der Waals surface area (Å²) >= 11 is 6.29. The van der Waals surface area contributed by atoms with Gasteiger partial charge in [0.15, 0.2) is 0 Å². The first-order chi connectivity index (χ1) is 16.1. The van der Waals surface area contributed by atoms with Crippen molar-refractivity contribution in [2.75, 3.05) is 35.8 Å². The minimum absolute atomic E-state index is 0.0385. The molecular weight excluding hydrogens is 477 g/mol. The minimum Gasteiger partial charge on any atom is -0.368 e. The lowest BCUT2D eigenvalue weighted by molar-refractivity contribution is 0.0746. The Kier molecular flexibility index (Phi) is 6.81. The van der Waals surface area contributed by atoms with Crippen molar-refractivity contribution in [2.45, 2.75) is 18.7 Å². The number of anilines is 2. The summed E-state index contributed by atoms with van der Waals surface area (Å²) < 4.78 is 41.7. The molecule has 1 saturated heterocycles. The second kappa shape index (κ2) is 9.64. The normalized spacial score (nSPS) is 14.2. The predicted octanol–water partition coefficient (Wildman–Crippen LogP) is 4.86. The minimum atomic E-state index is -3.91. The van der Waals surface area contributed by atoms with Crippen molar-refractivity contribution in [3.05, 3.63) is 88.2 Å². The van der Waals surface area contributed by atoms with Gasteiger partial charge in [-0.05, 0) is 79.6 Å². The number of piperazine rings is 1. The Morgan fingerprint density at radius 3 is 2.24 bits per heavy atom. The van der Waals surface area contributed by atoms with Crippen molar-refractivity contribution in [2.24, 2.45) is 0 Å². The van der Waals surface area contributed by atoms with Gasteiger partial charge in [-0.2, -0.15) is 0 Å². The zero-order chi connectivity index (χ0) is 24.5. The number of rotatable bonds is 5. The van der Waals surface area contributed by atoms with E-state index in [-0.39, 0.29) is 27.2 Å². The predicted molar refractivity (Wildman–Crippen MR) is 133 cm³/mol. The molecule has 0 saturated carbocycles. The van der Waals surface area contributed by atoms with Crippen LogP contribution < -0.4 is 9.62 Å². The first-order valence-electron chi connectivity index (χ1n) is 10.8. The van der Waals surface area contributed by atoms with E-state index in [0.29, 0.717) is 31.9 Å². The van der Waals surface area contributed by atoms with Crippen LogP contribution in [-0.2, 0) is 10.0 Å². The average Bonchev–Trinajstić information content (AvgIpc) is 2.81. The maximum atomic E-state index is 13.2. The molecule has 1 aliphatic rings. The van der Waals surface area contributed by atoms with Gasteiger partial charge in [0.05, 0.1) is 15.5 Å². The van der Waals surface area contributed by atoms with Gasteiger partial charge < -0.3 is 9.80 Å². The van der Waals surface area contributed by atoms with Gasteiger partial charge in [-0.1, -0.05) is 17.7 Å². The Balaban J connectivity index is 1.49. The van der Waals surface area contributed by atoms with Crippen molar-refractivity contribution in [3.8, 4) is 0 Å². The van der Waals surface area contributed by atoms with Crippen molar-refractivity contribution < 1.29 is 17.6 Å². The van der Waals surface area contributed by atoms with E-state index >= 15 is 0 Å². The van der Waals surface area contributed by atoms with E-state index in [2.05, 4.69) is 9.62 Å². The summed E-state index contributed by atoms with van der Waals surface area (Å²) in [6.07, 6.45) is 0. The number of benzene rings is 3. The number of carbonyl (C=O) groups is 1. The molecule has 3 aromatic rings. The summed E-state index contributed by atoms with van der Waals surface area (Å²) in [5, 5.41) is 0.191. The molecular formula is C25H25ClFN3O3S. The zero-order valence-electron chi connectivity index (χ0n) is 18.9. The van der Waals surface area contributed by atoms with Crippen molar-refractivity contribution >= 4 is 38.9 Å². The number of sulfonamides is 1. The Morgan fingerprint density at radius 1 is 0.912 bits per heavy atom. The van der Waals surface area contributed by atoms with E-state index in [1.54, 1.807) is 29.2 Å². The lowest BCUT2D eigenvalue weighted by atomic mass is 10.1. The summed E-state index contributed by atoms with van der Waals surface area (Å²) in [5.41, 5.74) is 3.49. The molecule has 0 radical (unpaired) electrons. The fourth-order valence-electron chi connectivity index (χ4n) is 3.84. The van der Waals surface area contributed by atoms with E-state index < -0.39 is 10.0 Å². The lowest BCUT2D eigenvalue weighted by Gasteiger charge is -2.36. The Bertz CT molecular complexity index is 1320. The molecule has 3 aromatic carbocycles. The molecule has 6 nitrogen and oxygen atoms in total. The largest absolute Gasteiger partial charge is 0.368 e. The molecule has 1 heterocycles. The van der Waals surface area contributed by atoms with Crippen LogP contribution in [0.15, 0.2) is 65.6 Å². The van der Waals surface area contributed by atoms with Crippen LogP contribution >= 0.6 is 11.6 Å². The monoisotopic (exact) mass is 501 g/mol. The summed E-state index contributed by atoms with van der Waals surface area (Å²) in [7, 11) is -3.91. The Labute approximate surface area is 204 Å². The number of aryl methyl sites for hydroxylation is 2. The number of amides is 1. The maximum absolute atomic E-state index is 13.2. The number of nitrogens with zero attached hydrogens (tertiary/aromatic N) is 2. The summed E-state index contributed by atoms with van der Waals surface area (Å²) in [6.45, 7) is 5.86. The average molecular weight is 502 g/mol. The van der Waals surface area contributed by atoms with Crippen LogP contribution in [0.1, 0.15) is 21.5 Å². The van der Waals surface area contributed by atoms with Crippen molar-refractivity contribution in [3.63, 3.8) is 0 Å². The first kappa shape index (κ1) is 24.0. The van der Waals surface area contributed by atoms with Gasteiger partial charge in [0.2, 0.25) is 0 Å². The maximum Gasteiger partial charge on any atom is 0.261 e. The van der Waals surface area contributed by atoms with Crippen LogP contribution in [0.3, 0.4) is 0 Å². The van der Waals surface area contributed by atoms with Gasteiger partial charge in [-0.25, -0.2) is 12.8 Å². The summed E-state index contributed by atoms with van der Waals surface area (Å²) in [5.74, 6) is -0.624. The number of halogens is 2. The van der Waals surface area contributed by atoms with Gasteiger partial charge in [0.25, 0.3) is 15.9 Å². The molecule has 4 rings (SSSR count). The Hall–Kier alpha value is -3.10. The second-order valence-corrected chi connectivity index (χ2v) is 10.4. The van der Waals surface area contributed by atoms with Crippen LogP contribution in [0.25, 0.3) is 0 Å². The third kappa shape index (κ3) is 5.18. The molecule has 178 valence electrons. The van der Waals surface area contributed by atoms with E-state index in [9.17, 15) is 17.6 Å². The summed E-state index contributed by atoms with van der Waals surface area (Å²) in [4.78, 5) is 16.9. The summed E-state index contributed by atoms with van der Waals surface area (Å²) in [6, 6.07) is 15.7. The molecule has 1 aliphatic heterocycles. The van der Waals surface area contributed by atoms with E-state index in [1.165, 1.54) is 30.3 Å². The molecule has 0 aromatic heterocycles. The molecule has 0 bridgehead atoms. The van der Waals surface area contributed by atoms with Crippen molar-refractivity contribution in [1.29, 1.82) is 0 Å². The molecule has 0 spiro atoms. The Morgan fingerprint density at radius 2 is 1.59 bits per heavy atom. The van der Waals surface area contributed by atoms with Crippen LogP contribution in [-0.4, -0.2) is 45.4 Å². The first-order valence-corrected chi connectivity index (χ1v) is 12.7. The molecule has 0 aliphatic carbocycles. The molecule has 0 unspecified atom stereocenters. The highest BCUT2D eigenvalue weighted by atomic mass is 35.5. The van der Waals surface area contributed by atoms with Crippen LogP contribution in [0.5, 0.6) is 0 Å². The van der Waals surface area contributed by atoms with E-state index in [0.717, 1.165) is 16.8 Å². The highest BCUT2D eigenvalue weighted by Gasteiger charge is 2.26. The van der Waals surface area contributed by atoms with E-state index in [1.807, 2.05) is 19.9 Å². The molecule has 1 amide bonds. The molecule has 1 N–H and O–H groups in total. The number of carbonyl (C=O) groups excluding carboxylic acids is 1. The fourth-order valence-corrected chi connectivity index (χ4v) is 5.12. The van der Waals surface area contributed by atoms with Gasteiger partial charge in [0, 0.05) is 37.6 Å². The molecule has 1 fully saturated rings. The van der Waals surface area contributed by atoms with Crippen LogP contribution in [0.4, 0.5) is 15.8 Å². The molecule has 34 heavy (non-hydrogen) atoms. The number of hydrogen-bond donors (Lipinski definition) is 1. The quantitative estimate of drug-likeness (QED) is 0.542. The number of nitrogens with one attached hydrogen (secondary N) is 1. The standard InChI is InChI=1S/C25H25ClFN3O3S/c1-17-3-6-20(15-18(17)2)28-34(32,33)22-9-10-24(26)23(16-22)25(31)30-13-11-29(12-14-30)21-7-4-19(27)5-8-21/h3-10,15-16,28H,11-14H2,1-2H3. The smallest absolute Gasteiger partial charge is 0.261 e. The molecule has 0 atom stereocenters. The topological polar surface area (TPSA) is 69.7 Å². The second-order valence-electron chi connectivity index (χ2n) is 8.30. The van der Waals surface area contributed by atoms with Crippen molar-refractivity contribution in [1.82, 2.24) is 4.90 Å². The molecule has 9 heteroatoms. The third-order valence-electron chi connectivity index (χ3n) is 6.00. The van der Waals surface area contributed by atoms with Gasteiger partial charge in [-0.3, -0.25) is 9.52 Å². The van der Waals surface area contributed by atoms with E-state index in [4.69, 9.17) is 11.6 Å². The highest BCUT2D eigenvalue weighted by molar-refractivity contribution is 7.92. The lowest BCUT2D eigenvalue weighted by Crippen LogP contribution is -2.48. The van der Waals surface area contributed by atoms with Gasteiger partial charge in [0.1, 0.15) is 5.82 Å². The van der Waals surface area contributed by atoms with Gasteiger partial charge in [-0.15, -0.1) is 0 Å². The number of hydrogen-bond acceptors (Lipinski definition) is 4. The van der Waals surface area contributed by atoms with Crippen LogP contribution in [0, 0.1) is 19.7 Å². The highest BCUT2D eigenvalue weighted by Crippen LogP contribution is 2.26. The van der Waals surface area contributed by atoms with Crippen LogP contribution in [0.2, 0.25) is 5.02 Å². The SMILES string of the molecule is Cc1ccc(NS(=O)(=O)c2ccc(Cl)c(C(=O)N3CCN(c4ccc(F)cc4)CC3)c2)cc1C. The third-order valence-corrected chi connectivity index (χ3v) is 7.70. The zero-order valence-corrected chi connectivity index (χ0v) is 20.5. The van der Waals surface area contributed by atoms with Gasteiger partial charge >= 0.3 is 0 Å². The fraction of sp³-hybridized carbons (Fsp3) is 0.240.